The molecule has 0 aliphatic heterocycles. The molecule has 0 bridgehead atoms. The van der Waals surface area contributed by atoms with Crippen molar-refractivity contribution in [1.82, 2.24) is 4.72 Å². The van der Waals surface area contributed by atoms with Gasteiger partial charge in [0.15, 0.2) is 0 Å². The predicted octanol–water partition coefficient (Wildman–Crippen LogP) is 0.763. The van der Waals surface area contributed by atoms with E-state index in [2.05, 4.69) is 4.72 Å². The molecule has 0 aliphatic rings. The molecule has 3 N–H and O–H groups in total. The summed E-state index contributed by atoms with van der Waals surface area (Å²) in [6, 6.07) is 7.76. The highest BCUT2D eigenvalue weighted by Crippen LogP contribution is 2.03. The highest BCUT2D eigenvalue weighted by molar-refractivity contribution is 7.89. The van der Waals surface area contributed by atoms with E-state index in [4.69, 9.17) is 5.73 Å². The molecule has 0 aromatic heterocycles. The molecule has 0 amide bonds. The maximum absolute atomic E-state index is 11.5. The molecular formula is C11H18N2O2S. The van der Waals surface area contributed by atoms with E-state index in [9.17, 15) is 8.42 Å². The van der Waals surface area contributed by atoms with Gasteiger partial charge in [0, 0.05) is 6.54 Å². The van der Waals surface area contributed by atoms with Crippen LogP contribution in [0.2, 0.25) is 0 Å². The molecular weight excluding hydrogens is 224 g/mol. The summed E-state index contributed by atoms with van der Waals surface area (Å²) in [6.45, 7) is 2.73. The average molecular weight is 242 g/mol. The molecule has 1 aromatic carbocycles. The topological polar surface area (TPSA) is 72.2 Å². The van der Waals surface area contributed by atoms with Crippen molar-refractivity contribution in [1.29, 1.82) is 0 Å². The standard InChI is InChI=1S/C11H18N2O2S/c1-10-3-5-11(6-4-10)9-13-16(14,15)8-2-7-12/h3-6,13H,2,7-9,12H2,1H3. The van der Waals surface area contributed by atoms with Crippen LogP contribution < -0.4 is 10.5 Å². The molecule has 16 heavy (non-hydrogen) atoms. The second-order valence-corrected chi connectivity index (χ2v) is 5.69. The molecule has 0 heterocycles. The van der Waals surface area contributed by atoms with Gasteiger partial charge in [-0.1, -0.05) is 29.8 Å². The van der Waals surface area contributed by atoms with E-state index in [0.29, 0.717) is 19.5 Å². The zero-order valence-corrected chi connectivity index (χ0v) is 10.3. The Balaban J connectivity index is 2.48. The van der Waals surface area contributed by atoms with Crippen molar-refractivity contribution in [3.05, 3.63) is 35.4 Å². The Morgan fingerprint density at radius 2 is 1.88 bits per heavy atom. The Labute approximate surface area is 96.9 Å². The van der Waals surface area contributed by atoms with Gasteiger partial charge in [0.2, 0.25) is 10.0 Å². The third-order valence-corrected chi connectivity index (χ3v) is 3.64. The second-order valence-electron chi connectivity index (χ2n) is 3.77. The number of sulfonamides is 1. The zero-order chi connectivity index (χ0) is 12.0. The molecule has 1 rings (SSSR count). The molecule has 0 atom stereocenters. The summed E-state index contributed by atoms with van der Waals surface area (Å²) in [5.41, 5.74) is 7.39. The fourth-order valence-electron chi connectivity index (χ4n) is 1.24. The smallest absolute Gasteiger partial charge is 0.211 e. The van der Waals surface area contributed by atoms with Crippen LogP contribution >= 0.6 is 0 Å². The third kappa shape index (κ3) is 4.74. The van der Waals surface area contributed by atoms with Crippen molar-refractivity contribution in [2.75, 3.05) is 12.3 Å². The lowest BCUT2D eigenvalue weighted by Crippen LogP contribution is -2.27. The Morgan fingerprint density at radius 3 is 2.44 bits per heavy atom. The van der Waals surface area contributed by atoms with Gasteiger partial charge in [-0.05, 0) is 25.5 Å². The normalized spacial score (nSPS) is 11.6. The van der Waals surface area contributed by atoms with Gasteiger partial charge in [-0.3, -0.25) is 0 Å². The van der Waals surface area contributed by atoms with E-state index in [0.717, 1.165) is 11.1 Å². The summed E-state index contributed by atoms with van der Waals surface area (Å²) in [6.07, 6.45) is 0.489. The van der Waals surface area contributed by atoms with Crippen molar-refractivity contribution in [2.24, 2.45) is 5.73 Å². The van der Waals surface area contributed by atoms with Crippen LogP contribution in [0.25, 0.3) is 0 Å². The first-order valence-electron chi connectivity index (χ1n) is 5.26. The van der Waals surface area contributed by atoms with Crippen molar-refractivity contribution in [2.45, 2.75) is 19.9 Å². The lowest BCUT2D eigenvalue weighted by molar-refractivity contribution is 0.579. The van der Waals surface area contributed by atoms with Crippen molar-refractivity contribution in [3.63, 3.8) is 0 Å². The number of benzene rings is 1. The molecule has 0 saturated carbocycles. The highest BCUT2D eigenvalue weighted by Gasteiger charge is 2.08. The van der Waals surface area contributed by atoms with E-state index in [1.54, 1.807) is 0 Å². The van der Waals surface area contributed by atoms with Crippen LogP contribution in [0.4, 0.5) is 0 Å². The van der Waals surface area contributed by atoms with Crippen molar-refractivity contribution in [3.8, 4) is 0 Å². The number of nitrogens with two attached hydrogens (primary N) is 1. The fourth-order valence-corrected chi connectivity index (χ4v) is 2.32. The Bertz CT molecular complexity index is 412. The molecule has 0 unspecified atom stereocenters. The minimum absolute atomic E-state index is 0.0926. The van der Waals surface area contributed by atoms with Gasteiger partial charge in [0.05, 0.1) is 5.75 Å². The fraction of sp³-hybridized carbons (Fsp3) is 0.455. The van der Waals surface area contributed by atoms with Crippen LogP contribution in [0.3, 0.4) is 0 Å². The van der Waals surface area contributed by atoms with Crippen LogP contribution in [-0.4, -0.2) is 20.7 Å². The van der Waals surface area contributed by atoms with Gasteiger partial charge in [-0.25, -0.2) is 13.1 Å². The van der Waals surface area contributed by atoms with Gasteiger partial charge >= 0.3 is 0 Å². The van der Waals surface area contributed by atoms with Gasteiger partial charge < -0.3 is 5.73 Å². The number of hydrogen-bond acceptors (Lipinski definition) is 3. The molecule has 0 aliphatic carbocycles. The number of hydrogen-bond donors (Lipinski definition) is 2. The summed E-state index contributed by atoms with van der Waals surface area (Å²) >= 11 is 0. The van der Waals surface area contributed by atoms with Gasteiger partial charge in [0.1, 0.15) is 0 Å². The predicted molar refractivity (Wildman–Crippen MR) is 65.5 cm³/mol. The minimum Gasteiger partial charge on any atom is -0.330 e. The van der Waals surface area contributed by atoms with Crippen molar-refractivity contribution < 1.29 is 8.42 Å². The molecule has 0 spiro atoms. The number of rotatable bonds is 6. The SMILES string of the molecule is Cc1ccc(CNS(=O)(=O)CCCN)cc1. The molecule has 0 radical (unpaired) electrons. The second kappa shape index (κ2) is 5.98. The molecule has 0 fully saturated rings. The molecule has 5 heteroatoms. The Morgan fingerprint density at radius 1 is 1.25 bits per heavy atom. The first-order chi connectivity index (χ1) is 7.53. The van der Waals surface area contributed by atoms with Crippen LogP contribution in [0.15, 0.2) is 24.3 Å². The first kappa shape index (κ1) is 13.2. The lowest BCUT2D eigenvalue weighted by Gasteiger charge is -2.06. The molecule has 1 aromatic rings. The zero-order valence-electron chi connectivity index (χ0n) is 9.44. The maximum Gasteiger partial charge on any atom is 0.211 e. The first-order valence-corrected chi connectivity index (χ1v) is 6.92. The quantitative estimate of drug-likeness (QED) is 0.773. The highest BCUT2D eigenvalue weighted by atomic mass is 32.2. The van der Waals surface area contributed by atoms with E-state index in [-0.39, 0.29) is 5.75 Å². The number of aryl methyl sites for hydroxylation is 1. The summed E-state index contributed by atoms with van der Waals surface area (Å²) in [5.74, 6) is 0.0926. The van der Waals surface area contributed by atoms with Gasteiger partial charge in [-0.2, -0.15) is 0 Å². The largest absolute Gasteiger partial charge is 0.330 e. The van der Waals surface area contributed by atoms with E-state index >= 15 is 0 Å². The molecule has 0 saturated heterocycles. The Kier molecular flexibility index (Phi) is 4.92. The van der Waals surface area contributed by atoms with E-state index in [1.807, 2.05) is 31.2 Å². The Hall–Kier alpha value is -0.910. The third-order valence-electron chi connectivity index (χ3n) is 2.23. The lowest BCUT2D eigenvalue weighted by atomic mass is 10.2. The van der Waals surface area contributed by atoms with Gasteiger partial charge in [0.25, 0.3) is 0 Å². The monoisotopic (exact) mass is 242 g/mol. The summed E-state index contributed by atoms with van der Waals surface area (Å²) in [5, 5.41) is 0. The van der Waals surface area contributed by atoms with E-state index < -0.39 is 10.0 Å². The maximum atomic E-state index is 11.5. The van der Waals surface area contributed by atoms with Gasteiger partial charge in [-0.15, -0.1) is 0 Å². The number of nitrogens with one attached hydrogen (secondary N) is 1. The van der Waals surface area contributed by atoms with Crippen LogP contribution in [-0.2, 0) is 16.6 Å². The van der Waals surface area contributed by atoms with Crippen LogP contribution in [0, 0.1) is 6.92 Å². The van der Waals surface area contributed by atoms with Crippen LogP contribution in [0.1, 0.15) is 17.5 Å². The summed E-state index contributed by atoms with van der Waals surface area (Å²) in [4.78, 5) is 0. The average Bonchev–Trinajstić information content (AvgIpc) is 2.26. The van der Waals surface area contributed by atoms with Crippen LogP contribution in [0.5, 0.6) is 0 Å². The van der Waals surface area contributed by atoms with E-state index in [1.165, 1.54) is 0 Å². The minimum atomic E-state index is -3.18. The summed E-state index contributed by atoms with van der Waals surface area (Å²) in [7, 11) is -3.18. The van der Waals surface area contributed by atoms with Crippen molar-refractivity contribution >= 4 is 10.0 Å². The summed E-state index contributed by atoms with van der Waals surface area (Å²) < 4.78 is 25.5. The molecule has 4 nitrogen and oxygen atoms in total. The molecule has 90 valence electrons.